The van der Waals surface area contributed by atoms with Gasteiger partial charge in [0.1, 0.15) is 23.2 Å². The van der Waals surface area contributed by atoms with Gasteiger partial charge in [0.25, 0.3) is 0 Å². The first-order valence-electron chi connectivity index (χ1n) is 9.86. The minimum Gasteiger partial charge on any atom is -0.496 e. The fraction of sp³-hybridized carbons (Fsp3) is 0.304. The zero-order valence-electron chi connectivity index (χ0n) is 16.7. The second-order valence-electron chi connectivity index (χ2n) is 7.43. The highest BCUT2D eigenvalue weighted by atomic mass is 19.1. The van der Waals surface area contributed by atoms with Crippen LogP contribution in [0.15, 0.2) is 54.6 Å². The van der Waals surface area contributed by atoms with Gasteiger partial charge < -0.3 is 15.0 Å². The van der Waals surface area contributed by atoms with E-state index >= 15 is 0 Å². The molecule has 0 amide bonds. The summed E-state index contributed by atoms with van der Waals surface area (Å²) in [6.07, 6.45) is 2.18. The van der Waals surface area contributed by atoms with Crippen LogP contribution in [-0.4, -0.2) is 42.1 Å². The van der Waals surface area contributed by atoms with Crippen molar-refractivity contribution in [2.45, 2.75) is 18.8 Å². The highest BCUT2D eigenvalue weighted by Crippen LogP contribution is 2.32. The Kier molecular flexibility index (Phi) is 5.71. The SMILES string of the molecule is COc1ccccc1-c1cc(Nc2cccc(F)c2)nc(C2CCCN(C)C2)n1. The molecular formula is C23H25FN4O. The molecule has 0 saturated carbocycles. The first-order valence-corrected chi connectivity index (χ1v) is 9.86. The smallest absolute Gasteiger partial charge is 0.135 e. The lowest BCUT2D eigenvalue weighted by atomic mass is 9.97. The first kappa shape index (κ1) is 19.3. The number of likely N-dealkylation sites (N-methyl/N-ethyl adjacent to an activating group) is 1. The number of hydrogen-bond acceptors (Lipinski definition) is 5. The molecule has 1 fully saturated rings. The molecule has 150 valence electrons. The number of nitrogens with zero attached hydrogens (tertiary/aromatic N) is 3. The van der Waals surface area contributed by atoms with Crippen LogP contribution in [0, 0.1) is 5.82 Å². The van der Waals surface area contributed by atoms with E-state index in [1.165, 1.54) is 12.1 Å². The van der Waals surface area contributed by atoms with Gasteiger partial charge >= 0.3 is 0 Å². The Bertz CT molecular complexity index is 994. The van der Waals surface area contributed by atoms with Crippen LogP contribution in [-0.2, 0) is 0 Å². The Labute approximate surface area is 170 Å². The fourth-order valence-corrected chi connectivity index (χ4v) is 3.80. The van der Waals surface area contributed by atoms with Crippen molar-refractivity contribution in [3.63, 3.8) is 0 Å². The predicted octanol–water partition coefficient (Wildman–Crippen LogP) is 4.84. The molecule has 4 rings (SSSR count). The van der Waals surface area contributed by atoms with Crippen LogP contribution in [0.2, 0.25) is 0 Å². The number of ether oxygens (including phenoxy) is 1. The van der Waals surface area contributed by atoms with E-state index in [-0.39, 0.29) is 11.7 Å². The summed E-state index contributed by atoms with van der Waals surface area (Å²) in [7, 11) is 3.78. The topological polar surface area (TPSA) is 50.3 Å². The first-order chi connectivity index (χ1) is 14.1. The predicted molar refractivity (Wildman–Crippen MR) is 113 cm³/mol. The standard InChI is InChI=1S/C23H25FN4O/c1-28-12-6-7-16(15-28)23-26-20(19-10-3-4-11-21(19)29-2)14-22(27-23)25-18-9-5-8-17(24)13-18/h3-5,8-11,13-14,16H,6-7,12,15H2,1-2H3,(H,25,26,27). The lowest BCUT2D eigenvalue weighted by molar-refractivity contribution is 0.246. The van der Waals surface area contributed by atoms with E-state index in [0.29, 0.717) is 11.5 Å². The van der Waals surface area contributed by atoms with Crippen LogP contribution in [0.3, 0.4) is 0 Å². The quantitative estimate of drug-likeness (QED) is 0.673. The Morgan fingerprint density at radius 2 is 1.97 bits per heavy atom. The van der Waals surface area contributed by atoms with Crippen molar-refractivity contribution in [1.29, 1.82) is 0 Å². The molecule has 1 atom stereocenters. The Morgan fingerprint density at radius 1 is 1.10 bits per heavy atom. The van der Waals surface area contributed by atoms with Crippen LogP contribution in [0.1, 0.15) is 24.6 Å². The molecule has 1 aliphatic rings. The molecule has 5 nitrogen and oxygen atoms in total. The number of para-hydroxylation sites is 1. The van der Waals surface area contributed by atoms with E-state index in [9.17, 15) is 4.39 Å². The maximum absolute atomic E-state index is 13.6. The van der Waals surface area contributed by atoms with E-state index in [1.807, 2.05) is 36.4 Å². The number of nitrogens with one attached hydrogen (secondary N) is 1. The van der Waals surface area contributed by atoms with Gasteiger partial charge in [0, 0.05) is 29.8 Å². The number of hydrogen-bond donors (Lipinski definition) is 1. The van der Waals surface area contributed by atoms with Crippen LogP contribution in [0.5, 0.6) is 5.75 Å². The third-order valence-corrected chi connectivity index (χ3v) is 5.21. The van der Waals surface area contributed by atoms with Crippen LogP contribution in [0.25, 0.3) is 11.3 Å². The van der Waals surface area contributed by atoms with Crippen LogP contribution in [0.4, 0.5) is 15.9 Å². The van der Waals surface area contributed by atoms with Gasteiger partial charge in [-0.3, -0.25) is 0 Å². The molecule has 1 aliphatic heterocycles. The van der Waals surface area contributed by atoms with E-state index in [0.717, 1.165) is 48.8 Å². The highest BCUT2D eigenvalue weighted by Gasteiger charge is 2.23. The largest absolute Gasteiger partial charge is 0.496 e. The number of piperidine rings is 1. The van der Waals surface area contributed by atoms with E-state index in [1.54, 1.807) is 13.2 Å². The zero-order chi connectivity index (χ0) is 20.2. The number of aromatic nitrogens is 2. The van der Waals surface area contributed by atoms with Gasteiger partial charge in [-0.1, -0.05) is 18.2 Å². The van der Waals surface area contributed by atoms with Crippen molar-refractivity contribution < 1.29 is 9.13 Å². The summed E-state index contributed by atoms with van der Waals surface area (Å²) in [6.45, 7) is 2.02. The van der Waals surface area contributed by atoms with Gasteiger partial charge in [-0.05, 0) is 56.8 Å². The molecule has 1 aromatic heterocycles. The Balaban J connectivity index is 1.76. The van der Waals surface area contributed by atoms with Crippen LogP contribution >= 0.6 is 0 Å². The van der Waals surface area contributed by atoms with Crippen molar-refractivity contribution in [2.24, 2.45) is 0 Å². The maximum Gasteiger partial charge on any atom is 0.135 e. The minimum absolute atomic E-state index is 0.261. The van der Waals surface area contributed by atoms with Gasteiger partial charge in [0.05, 0.1) is 12.8 Å². The average Bonchev–Trinajstić information content (AvgIpc) is 2.73. The van der Waals surface area contributed by atoms with Crippen molar-refractivity contribution in [3.8, 4) is 17.0 Å². The summed E-state index contributed by atoms with van der Waals surface area (Å²) in [5.41, 5.74) is 2.35. The monoisotopic (exact) mass is 392 g/mol. The van der Waals surface area contributed by atoms with Crippen molar-refractivity contribution in [3.05, 3.63) is 66.2 Å². The van der Waals surface area contributed by atoms with Crippen molar-refractivity contribution in [2.75, 3.05) is 32.6 Å². The van der Waals surface area contributed by atoms with Gasteiger partial charge in [-0.2, -0.15) is 0 Å². The fourth-order valence-electron chi connectivity index (χ4n) is 3.80. The summed E-state index contributed by atoms with van der Waals surface area (Å²) in [5.74, 6) is 2.18. The van der Waals surface area contributed by atoms with E-state index in [4.69, 9.17) is 14.7 Å². The molecule has 0 aliphatic carbocycles. The van der Waals surface area contributed by atoms with Crippen molar-refractivity contribution in [1.82, 2.24) is 14.9 Å². The third kappa shape index (κ3) is 4.54. The molecule has 29 heavy (non-hydrogen) atoms. The molecule has 2 heterocycles. The van der Waals surface area contributed by atoms with Gasteiger partial charge in [-0.15, -0.1) is 0 Å². The average molecular weight is 392 g/mol. The zero-order valence-corrected chi connectivity index (χ0v) is 16.7. The molecule has 1 saturated heterocycles. The van der Waals surface area contributed by atoms with E-state index < -0.39 is 0 Å². The third-order valence-electron chi connectivity index (χ3n) is 5.21. The molecule has 1 unspecified atom stereocenters. The minimum atomic E-state index is -0.289. The molecule has 0 radical (unpaired) electrons. The normalized spacial score (nSPS) is 17.1. The summed E-state index contributed by atoms with van der Waals surface area (Å²) in [4.78, 5) is 12.0. The summed E-state index contributed by atoms with van der Waals surface area (Å²) < 4.78 is 19.2. The summed E-state index contributed by atoms with van der Waals surface area (Å²) in [6, 6.07) is 16.1. The molecule has 6 heteroatoms. The number of likely N-dealkylation sites (tertiary alicyclic amines) is 1. The molecule has 1 N–H and O–H groups in total. The highest BCUT2D eigenvalue weighted by molar-refractivity contribution is 5.70. The Morgan fingerprint density at radius 3 is 2.76 bits per heavy atom. The molecule has 0 bridgehead atoms. The number of methoxy groups -OCH3 is 1. The summed E-state index contributed by atoms with van der Waals surface area (Å²) >= 11 is 0. The maximum atomic E-state index is 13.6. The number of anilines is 2. The lowest BCUT2D eigenvalue weighted by Crippen LogP contribution is -2.31. The summed E-state index contributed by atoms with van der Waals surface area (Å²) in [5, 5.41) is 3.24. The second-order valence-corrected chi connectivity index (χ2v) is 7.43. The van der Waals surface area contributed by atoms with Crippen LogP contribution < -0.4 is 10.1 Å². The van der Waals surface area contributed by atoms with Gasteiger partial charge in [0.2, 0.25) is 0 Å². The second kappa shape index (κ2) is 8.57. The molecule has 0 spiro atoms. The van der Waals surface area contributed by atoms with Gasteiger partial charge in [-0.25, -0.2) is 14.4 Å². The van der Waals surface area contributed by atoms with E-state index in [2.05, 4.69) is 17.3 Å². The Hall–Kier alpha value is -2.99. The number of rotatable bonds is 5. The molecule has 2 aromatic carbocycles. The van der Waals surface area contributed by atoms with Crippen molar-refractivity contribution >= 4 is 11.5 Å². The van der Waals surface area contributed by atoms with Gasteiger partial charge in [0.15, 0.2) is 0 Å². The molecule has 3 aromatic rings. The number of halogens is 1. The lowest BCUT2D eigenvalue weighted by Gasteiger charge is -2.29. The molecular weight excluding hydrogens is 367 g/mol. The number of benzene rings is 2.